The molecular formula is C15H16N4O2. The molecule has 0 atom stereocenters. The maximum Gasteiger partial charge on any atom is 0.330 e. The highest BCUT2D eigenvalue weighted by Gasteiger charge is 2.11. The molecule has 0 aliphatic carbocycles. The Morgan fingerprint density at radius 1 is 1.29 bits per heavy atom. The molecule has 2 aromatic rings. The van der Waals surface area contributed by atoms with Gasteiger partial charge in [-0.25, -0.2) is 4.79 Å². The van der Waals surface area contributed by atoms with Crippen LogP contribution < -0.4 is 22.3 Å². The molecule has 0 unspecified atom stereocenters. The third kappa shape index (κ3) is 3.34. The van der Waals surface area contributed by atoms with Crippen LogP contribution in [0, 0.1) is 11.8 Å². The van der Waals surface area contributed by atoms with Gasteiger partial charge in [0, 0.05) is 0 Å². The Balaban J connectivity index is 2.41. The SMILES string of the molecule is CC#CCNc1c(N)n(Cc2ccccc2)c(=O)[nH]c1=O. The Morgan fingerprint density at radius 2 is 2.00 bits per heavy atom. The van der Waals surface area contributed by atoms with Crippen LogP contribution in [0.25, 0.3) is 0 Å². The van der Waals surface area contributed by atoms with Crippen molar-refractivity contribution in [2.45, 2.75) is 13.5 Å². The number of hydrogen-bond donors (Lipinski definition) is 3. The number of hydrogen-bond acceptors (Lipinski definition) is 4. The van der Waals surface area contributed by atoms with E-state index in [4.69, 9.17) is 5.73 Å². The minimum atomic E-state index is -0.542. The molecule has 6 nitrogen and oxygen atoms in total. The Hall–Kier alpha value is -2.94. The number of nitrogens with one attached hydrogen (secondary N) is 2. The van der Waals surface area contributed by atoms with Crippen molar-refractivity contribution in [2.24, 2.45) is 0 Å². The van der Waals surface area contributed by atoms with Crippen molar-refractivity contribution >= 4 is 11.5 Å². The molecule has 0 saturated carbocycles. The number of anilines is 2. The van der Waals surface area contributed by atoms with E-state index in [2.05, 4.69) is 22.1 Å². The third-order valence-corrected chi connectivity index (χ3v) is 2.95. The number of aromatic nitrogens is 2. The normalized spacial score (nSPS) is 9.76. The van der Waals surface area contributed by atoms with Crippen LogP contribution in [0.2, 0.25) is 0 Å². The van der Waals surface area contributed by atoms with Crippen LogP contribution in [0.15, 0.2) is 39.9 Å². The highest BCUT2D eigenvalue weighted by molar-refractivity contribution is 5.61. The first kappa shape index (κ1) is 14.5. The van der Waals surface area contributed by atoms with Crippen molar-refractivity contribution in [3.8, 4) is 11.8 Å². The molecule has 6 heteroatoms. The molecule has 0 saturated heterocycles. The Bertz CT molecular complexity index is 794. The van der Waals surface area contributed by atoms with Crippen molar-refractivity contribution in [3.63, 3.8) is 0 Å². The number of aromatic amines is 1. The van der Waals surface area contributed by atoms with Gasteiger partial charge in [0.1, 0.15) is 11.5 Å². The van der Waals surface area contributed by atoms with E-state index in [0.29, 0.717) is 0 Å². The number of nitrogen functional groups attached to an aromatic ring is 1. The predicted octanol–water partition coefficient (Wildman–Crippen LogP) is 0.602. The molecule has 1 aromatic carbocycles. The highest BCUT2D eigenvalue weighted by Crippen LogP contribution is 2.11. The van der Waals surface area contributed by atoms with E-state index < -0.39 is 11.2 Å². The highest BCUT2D eigenvalue weighted by atomic mass is 16.2. The molecule has 1 aromatic heterocycles. The van der Waals surface area contributed by atoms with E-state index in [-0.39, 0.29) is 24.6 Å². The lowest BCUT2D eigenvalue weighted by Gasteiger charge is -2.13. The molecule has 0 aliphatic heterocycles. The summed E-state index contributed by atoms with van der Waals surface area (Å²) in [6.07, 6.45) is 0. The van der Waals surface area contributed by atoms with Crippen LogP contribution in [-0.4, -0.2) is 16.1 Å². The van der Waals surface area contributed by atoms with Gasteiger partial charge in [0.2, 0.25) is 0 Å². The van der Waals surface area contributed by atoms with Gasteiger partial charge < -0.3 is 11.1 Å². The minimum absolute atomic E-state index is 0.102. The molecular weight excluding hydrogens is 268 g/mol. The zero-order valence-electron chi connectivity index (χ0n) is 11.6. The van der Waals surface area contributed by atoms with E-state index in [1.54, 1.807) is 6.92 Å². The smallest absolute Gasteiger partial charge is 0.330 e. The molecule has 0 aliphatic rings. The molecule has 108 valence electrons. The second kappa shape index (κ2) is 6.48. The number of nitrogens with zero attached hydrogens (tertiary/aromatic N) is 1. The molecule has 0 bridgehead atoms. The van der Waals surface area contributed by atoms with Crippen LogP contribution in [-0.2, 0) is 6.54 Å². The van der Waals surface area contributed by atoms with Gasteiger partial charge in [0.15, 0.2) is 0 Å². The molecule has 0 spiro atoms. The molecule has 0 fully saturated rings. The van der Waals surface area contributed by atoms with E-state index in [9.17, 15) is 9.59 Å². The average Bonchev–Trinajstić information content (AvgIpc) is 2.48. The van der Waals surface area contributed by atoms with Crippen molar-refractivity contribution < 1.29 is 0 Å². The zero-order valence-corrected chi connectivity index (χ0v) is 11.6. The summed E-state index contributed by atoms with van der Waals surface area (Å²) in [5.41, 5.74) is 5.95. The summed E-state index contributed by atoms with van der Waals surface area (Å²) in [5.74, 6) is 5.59. The molecule has 4 N–H and O–H groups in total. The van der Waals surface area contributed by atoms with Crippen LogP contribution >= 0.6 is 0 Å². The first-order chi connectivity index (χ1) is 10.1. The lowest BCUT2D eigenvalue weighted by Crippen LogP contribution is -2.34. The Kier molecular flexibility index (Phi) is 4.46. The first-order valence-corrected chi connectivity index (χ1v) is 6.43. The first-order valence-electron chi connectivity index (χ1n) is 6.43. The minimum Gasteiger partial charge on any atom is -0.383 e. The fourth-order valence-electron chi connectivity index (χ4n) is 1.90. The lowest BCUT2D eigenvalue weighted by molar-refractivity contribution is 0.734. The summed E-state index contributed by atoms with van der Waals surface area (Å²) in [7, 11) is 0. The zero-order chi connectivity index (χ0) is 15.2. The Labute approximate surface area is 121 Å². The summed E-state index contributed by atoms with van der Waals surface area (Å²) < 4.78 is 1.32. The molecule has 0 amide bonds. The fourth-order valence-corrected chi connectivity index (χ4v) is 1.90. The number of nitrogens with two attached hydrogens (primary N) is 1. The van der Waals surface area contributed by atoms with Crippen molar-refractivity contribution in [1.82, 2.24) is 9.55 Å². The second-order valence-corrected chi connectivity index (χ2v) is 4.37. The lowest BCUT2D eigenvalue weighted by atomic mass is 10.2. The average molecular weight is 284 g/mol. The van der Waals surface area contributed by atoms with Crippen molar-refractivity contribution in [2.75, 3.05) is 17.6 Å². The summed E-state index contributed by atoms with van der Waals surface area (Å²) in [6, 6.07) is 9.40. The van der Waals surface area contributed by atoms with E-state index in [1.807, 2.05) is 30.3 Å². The maximum atomic E-state index is 11.9. The van der Waals surface area contributed by atoms with Gasteiger partial charge in [-0.2, -0.15) is 0 Å². The van der Waals surface area contributed by atoms with Gasteiger partial charge in [0.05, 0.1) is 13.1 Å². The fraction of sp³-hybridized carbons (Fsp3) is 0.200. The van der Waals surface area contributed by atoms with Gasteiger partial charge in [-0.05, 0) is 12.5 Å². The molecule has 1 heterocycles. The largest absolute Gasteiger partial charge is 0.383 e. The standard InChI is InChI=1S/C15H16N4O2/c1-2-3-9-17-12-13(16)19(15(21)18-14(12)20)10-11-7-5-4-6-8-11/h4-8,17H,9-10,16H2,1H3,(H,18,20,21). The summed E-state index contributed by atoms with van der Waals surface area (Å²) in [4.78, 5) is 26.0. The van der Waals surface area contributed by atoms with Crippen molar-refractivity contribution in [1.29, 1.82) is 0 Å². The van der Waals surface area contributed by atoms with Crippen molar-refractivity contribution in [3.05, 3.63) is 56.7 Å². The topological polar surface area (TPSA) is 92.9 Å². The maximum absolute atomic E-state index is 11.9. The molecule has 21 heavy (non-hydrogen) atoms. The van der Waals surface area contributed by atoms with Gasteiger partial charge in [0.25, 0.3) is 5.56 Å². The summed E-state index contributed by atoms with van der Waals surface area (Å²) in [6.45, 7) is 2.27. The van der Waals surface area contributed by atoms with E-state index in [1.165, 1.54) is 4.57 Å². The van der Waals surface area contributed by atoms with Gasteiger partial charge in [-0.3, -0.25) is 14.3 Å². The van der Waals surface area contributed by atoms with Crippen LogP contribution in [0.4, 0.5) is 11.5 Å². The number of rotatable bonds is 4. The second-order valence-electron chi connectivity index (χ2n) is 4.37. The molecule has 2 rings (SSSR count). The number of benzene rings is 1. The number of H-pyrrole nitrogens is 1. The van der Waals surface area contributed by atoms with E-state index >= 15 is 0 Å². The Morgan fingerprint density at radius 3 is 2.67 bits per heavy atom. The summed E-state index contributed by atoms with van der Waals surface area (Å²) in [5, 5.41) is 2.83. The summed E-state index contributed by atoms with van der Waals surface area (Å²) >= 11 is 0. The van der Waals surface area contributed by atoms with E-state index in [0.717, 1.165) is 5.56 Å². The molecule has 0 radical (unpaired) electrons. The van der Waals surface area contributed by atoms with Gasteiger partial charge >= 0.3 is 5.69 Å². The van der Waals surface area contributed by atoms with Gasteiger partial charge in [-0.15, -0.1) is 5.92 Å². The quantitative estimate of drug-likeness (QED) is 0.717. The monoisotopic (exact) mass is 284 g/mol. The van der Waals surface area contributed by atoms with Gasteiger partial charge in [-0.1, -0.05) is 36.3 Å². The van der Waals surface area contributed by atoms with Crippen LogP contribution in [0.3, 0.4) is 0 Å². The third-order valence-electron chi connectivity index (χ3n) is 2.95. The van der Waals surface area contributed by atoms with Crippen LogP contribution in [0.5, 0.6) is 0 Å². The van der Waals surface area contributed by atoms with Crippen LogP contribution in [0.1, 0.15) is 12.5 Å². The predicted molar refractivity (Wildman–Crippen MR) is 83.2 cm³/mol.